The van der Waals surface area contributed by atoms with Gasteiger partial charge in [0.15, 0.2) is 0 Å². The van der Waals surface area contributed by atoms with E-state index in [9.17, 15) is 9.90 Å². The number of fused-ring (bicyclic) bond motifs is 3. The molecule has 5 aliphatic rings. The maximum Gasteiger partial charge on any atom is 0.251 e. The zero-order valence-corrected chi connectivity index (χ0v) is 15.5. The van der Waals surface area contributed by atoms with Crippen molar-refractivity contribution >= 4 is 5.91 Å². The van der Waals surface area contributed by atoms with E-state index in [4.69, 9.17) is 0 Å². The van der Waals surface area contributed by atoms with Crippen LogP contribution in [0.25, 0.3) is 11.1 Å². The Labute approximate surface area is 159 Å². The van der Waals surface area contributed by atoms with Gasteiger partial charge in [0.25, 0.3) is 5.91 Å². The lowest BCUT2D eigenvalue weighted by molar-refractivity contribution is -0.139. The van der Waals surface area contributed by atoms with Gasteiger partial charge in [-0.1, -0.05) is 30.3 Å². The zero-order chi connectivity index (χ0) is 18.2. The van der Waals surface area contributed by atoms with Crippen LogP contribution in [0.1, 0.15) is 60.0 Å². The van der Waals surface area contributed by atoms with Crippen LogP contribution in [0.3, 0.4) is 0 Å². The van der Waals surface area contributed by atoms with Crippen molar-refractivity contribution in [1.29, 1.82) is 0 Å². The van der Waals surface area contributed by atoms with Gasteiger partial charge in [-0.2, -0.15) is 0 Å². The standard InChI is InChI=1S/C24H25NO2/c26-22(25-23-10-15-7-16(11-23)13-24(27,12-15)14-23)19-6-5-18-8-17-3-1-2-4-20(17)21(18)9-19/h1-6,9,15-16,27H,7-8,10-14H2,(H,25,26). The number of carbonyl (C=O) groups is 1. The van der Waals surface area contributed by atoms with Crippen LogP contribution >= 0.6 is 0 Å². The lowest BCUT2D eigenvalue weighted by Gasteiger charge is -2.60. The fourth-order valence-electron chi connectivity index (χ4n) is 6.94. The quantitative estimate of drug-likeness (QED) is 0.725. The van der Waals surface area contributed by atoms with Crippen molar-refractivity contribution in [1.82, 2.24) is 5.32 Å². The first kappa shape index (κ1) is 15.9. The summed E-state index contributed by atoms with van der Waals surface area (Å²) in [5, 5.41) is 14.3. The Morgan fingerprint density at radius 2 is 1.70 bits per heavy atom. The summed E-state index contributed by atoms with van der Waals surface area (Å²) >= 11 is 0. The van der Waals surface area contributed by atoms with Crippen LogP contribution in [0.15, 0.2) is 42.5 Å². The monoisotopic (exact) mass is 359 g/mol. The van der Waals surface area contributed by atoms with Crippen LogP contribution in [0.4, 0.5) is 0 Å². The van der Waals surface area contributed by atoms with Gasteiger partial charge < -0.3 is 10.4 Å². The average molecular weight is 359 g/mol. The first-order valence-electron chi connectivity index (χ1n) is 10.3. The van der Waals surface area contributed by atoms with E-state index in [2.05, 4.69) is 41.7 Å². The fourth-order valence-corrected chi connectivity index (χ4v) is 6.94. The Balaban J connectivity index is 1.30. The molecular weight excluding hydrogens is 334 g/mol. The first-order chi connectivity index (χ1) is 13.0. The Morgan fingerprint density at radius 3 is 2.48 bits per heavy atom. The number of hydrogen-bond donors (Lipinski definition) is 2. The minimum atomic E-state index is -0.547. The predicted molar refractivity (Wildman–Crippen MR) is 105 cm³/mol. The predicted octanol–water partition coefficient (Wildman–Crippen LogP) is 4.07. The Kier molecular flexibility index (Phi) is 3.08. The Bertz CT molecular complexity index is 949. The highest BCUT2D eigenvalue weighted by atomic mass is 16.3. The Hall–Kier alpha value is -2.13. The molecule has 3 nitrogen and oxygen atoms in total. The Morgan fingerprint density at radius 1 is 0.963 bits per heavy atom. The van der Waals surface area contributed by atoms with E-state index in [1.54, 1.807) is 0 Å². The van der Waals surface area contributed by atoms with Crippen molar-refractivity contribution < 1.29 is 9.90 Å². The van der Waals surface area contributed by atoms with Crippen LogP contribution < -0.4 is 5.32 Å². The summed E-state index contributed by atoms with van der Waals surface area (Å²) in [6.07, 6.45) is 6.83. The molecule has 27 heavy (non-hydrogen) atoms. The molecule has 4 fully saturated rings. The van der Waals surface area contributed by atoms with Crippen LogP contribution in [-0.4, -0.2) is 22.2 Å². The third-order valence-corrected chi connectivity index (χ3v) is 7.47. The molecular formula is C24H25NO2. The second-order valence-corrected chi connectivity index (χ2v) is 9.63. The summed E-state index contributed by atoms with van der Waals surface area (Å²) in [5.74, 6) is 1.17. The fraction of sp³-hybridized carbons (Fsp3) is 0.458. The van der Waals surface area contributed by atoms with Gasteiger partial charge in [-0.05, 0) is 91.2 Å². The molecule has 0 spiro atoms. The molecule has 2 aromatic carbocycles. The maximum atomic E-state index is 13.2. The van der Waals surface area contributed by atoms with Gasteiger partial charge in [0.05, 0.1) is 5.60 Å². The number of amides is 1. The molecule has 0 radical (unpaired) electrons. The third-order valence-electron chi connectivity index (χ3n) is 7.47. The molecule has 2 unspecified atom stereocenters. The minimum absolute atomic E-state index is 0.0210. The lowest BCUT2D eigenvalue weighted by atomic mass is 9.51. The molecule has 0 aromatic heterocycles. The molecule has 138 valence electrons. The lowest BCUT2D eigenvalue weighted by Crippen LogP contribution is -2.65. The topological polar surface area (TPSA) is 49.3 Å². The van der Waals surface area contributed by atoms with E-state index in [1.807, 2.05) is 6.07 Å². The van der Waals surface area contributed by atoms with Crippen molar-refractivity contribution in [2.45, 2.75) is 56.1 Å². The number of aliphatic hydroxyl groups is 1. The largest absolute Gasteiger partial charge is 0.390 e. The number of carbonyl (C=O) groups excluding carboxylic acids is 1. The number of nitrogens with one attached hydrogen (secondary N) is 1. The van der Waals surface area contributed by atoms with E-state index in [0.29, 0.717) is 11.8 Å². The number of benzene rings is 2. The molecule has 2 aromatic rings. The normalized spacial score (nSPS) is 35.0. The first-order valence-corrected chi connectivity index (χ1v) is 10.3. The van der Waals surface area contributed by atoms with E-state index >= 15 is 0 Å². The molecule has 5 aliphatic carbocycles. The highest BCUT2D eigenvalue weighted by Crippen LogP contribution is 2.57. The molecule has 0 aliphatic heterocycles. The van der Waals surface area contributed by atoms with Crippen molar-refractivity contribution in [3.05, 3.63) is 59.2 Å². The molecule has 4 bridgehead atoms. The van der Waals surface area contributed by atoms with Crippen LogP contribution in [-0.2, 0) is 6.42 Å². The van der Waals surface area contributed by atoms with E-state index in [0.717, 1.165) is 44.1 Å². The minimum Gasteiger partial charge on any atom is -0.390 e. The second kappa shape index (κ2) is 5.23. The molecule has 0 saturated heterocycles. The molecule has 2 N–H and O–H groups in total. The average Bonchev–Trinajstić information content (AvgIpc) is 2.97. The maximum absolute atomic E-state index is 13.2. The molecule has 7 rings (SSSR count). The summed E-state index contributed by atoms with van der Waals surface area (Å²) in [5.41, 5.74) is 5.09. The number of hydrogen-bond acceptors (Lipinski definition) is 2. The van der Waals surface area contributed by atoms with Crippen molar-refractivity contribution in [2.24, 2.45) is 11.8 Å². The van der Waals surface area contributed by atoms with E-state index in [-0.39, 0.29) is 11.4 Å². The van der Waals surface area contributed by atoms with Crippen molar-refractivity contribution in [3.8, 4) is 11.1 Å². The summed E-state index contributed by atoms with van der Waals surface area (Å²) in [7, 11) is 0. The summed E-state index contributed by atoms with van der Waals surface area (Å²) in [6.45, 7) is 0. The summed E-state index contributed by atoms with van der Waals surface area (Å²) in [6, 6.07) is 14.6. The summed E-state index contributed by atoms with van der Waals surface area (Å²) in [4.78, 5) is 13.2. The van der Waals surface area contributed by atoms with Gasteiger partial charge in [-0.15, -0.1) is 0 Å². The van der Waals surface area contributed by atoms with Crippen LogP contribution in [0, 0.1) is 11.8 Å². The van der Waals surface area contributed by atoms with Crippen molar-refractivity contribution in [3.63, 3.8) is 0 Å². The molecule has 1 amide bonds. The highest BCUT2D eigenvalue weighted by molar-refractivity contribution is 5.97. The third kappa shape index (κ3) is 2.41. The van der Waals surface area contributed by atoms with Gasteiger partial charge in [0.1, 0.15) is 0 Å². The molecule has 2 atom stereocenters. The van der Waals surface area contributed by atoms with E-state index in [1.165, 1.54) is 28.7 Å². The van der Waals surface area contributed by atoms with Gasteiger partial charge in [-0.25, -0.2) is 0 Å². The molecule has 4 saturated carbocycles. The highest BCUT2D eigenvalue weighted by Gasteiger charge is 2.57. The van der Waals surface area contributed by atoms with Crippen LogP contribution in [0.5, 0.6) is 0 Å². The van der Waals surface area contributed by atoms with Gasteiger partial charge >= 0.3 is 0 Å². The number of rotatable bonds is 2. The van der Waals surface area contributed by atoms with Gasteiger partial charge in [-0.3, -0.25) is 4.79 Å². The van der Waals surface area contributed by atoms with Crippen LogP contribution in [0.2, 0.25) is 0 Å². The van der Waals surface area contributed by atoms with E-state index < -0.39 is 5.60 Å². The van der Waals surface area contributed by atoms with Gasteiger partial charge in [0, 0.05) is 11.1 Å². The molecule has 3 heteroatoms. The second-order valence-electron chi connectivity index (χ2n) is 9.63. The van der Waals surface area contributed by atoms with Crippen molar-refractivity contribution in [2.75, 3.05) is 0 Å². The summed E-state index contributed by atoms with van der Waals surface area (Å²) < 4.78 is 0. The molecule has 0 heterocycles. The van der Waals surface area contributed by atoms with Gasteiger partial charge in [0.2, 0.25) is 0 Å². The SMILES string of the molecule is O=C(NC12CC3CC(CC(O)(C3)C1)C2)c1ccc2c(c1)-c1ccccc1C2. The zero-order valence-electron chi connectivity index (χ0n) is 15.5. The smallest absolute Gasteiger partial charge is 0.251 e.